The van der Waals surface area contributed by atoms with Gasteiger partial charge in [0.05, 0.1) is 12.6 Å². The molecule has 0 radical (unpaired) electrons. The summed E-state index contributed by atoms with van der Waals surface area (Å²) >= 11 is 0. The van der Waals surface area contributed by atoms with Crippen molar-refractivity contribution in [3.8, 4) is 11.5 Å². The van der Waals surface area contributed by atoms with Gasteiger partial charge >= 0.3 is 0 Å². The van der Waals surface area contributed by atoms with Crippen molar-refractivity contribution in [2.24, 2.45) is 0 Å². The Bertz CT molecular complexity index is 658. The normalized spacial score (nSPS) is 13.5. The number of fused-ring (bicyclic) bond motifs is 1. The van der Waals surface area contributed by atoms with Crippen LogP contribution in [0.4, 0.5) is 5.69 Å². The Morgan fingerprint density at radius 1 is 1.14 bits per heavy atom. The van der Waals surface area contributed by atoms with Crippen LogP contribution in [0.2, 0.25) is 0 Å². The van der Waals surface area contributed by atoms with Crippen molar-refractivity contribution in [3.63, 3.8) is 0 Å². The Labute approximate surface area is 129 Å². The molecule has 3 rings (SSSR count). The number of nitrogens with one attached hydrogen (secondary N) is 2. The predicted octanol–water partition coefficient (Wildman–Crippen LogP) is 2.70. The first kappa shape index (κ1) is 14.3. The number of hydrogen-bond donors (Lipinski definition) is 2. The molecule has 0 aromatic heterocycles. The molecule has 0 spiro atoms. The van der Waals surface area contributed by atoms with Crippen LogP contribution in [0.3, 0.4) is 0 Å². The van der Waals surface area contributed by atoms with E-state index in [2.05, 4.69) is 10.6 Å². The first-order chi connectivity index (χ1) is 10.7. The van der Waals surface area contributed by atoms with Gasteiger partial charge < -0.3 is 20.1 Å². The van der Waals surface area contributed by atoms with Gasteiger partial charge in [0, 0.05) is 11.8 Å². The quantitative estimate of drug-likeness (QED) is 0.891. The minimum atomic E-state index is -0.0611. The lowest BCUT2D eigenvalue weighted by Gasteiger charge is -2.15. The van der Waals surface area contributed by atoms with Gasteiger partial charge in [-0.05, 0) is 24.6 Å². The number of anilines is 1. The molecule has 5 nitrogen and oxygen atoms in total. The summed E-state index contributed by atoms with van der Waals surface area (Å²) in [7, 11) is 0. The molecular weight excluding hydrogens is 280 g/mol. The van der Waals surface area contributed by atoms with Crippen LogP contribution < -0.4 is 20.1 Å². The second kappa shape index (κ2) is 6.39. The largest absolute Gasteiger partial charge is 0.454 e. The standard InChI is InChI=1S/C17H18N2O3/c1-12(13-5-3-2-4-6-13)19-17(20)10-18-14-7-8-15-16(9-14)22-11-21-15/h2-9,12,18H,10-11H2,1H3,(H,19,20). The van der Waals surface area contributed by atoms with Crippen molar-refractivity contribution >= 4 is 11.6 Å². The van der Waals surface area contributed by atoms with E-state index in [0.717, 1.165) is 17.0 Å². The molecule has 0 bridgehead atoms. The lowest BCUT2D eigenvalue weighted by molar-refractivity contribution is -0.120. The molecule has 5 heteroatoms. The van der Waals surface area contributed by atoms with E-state index in [-0.39, 0.29) is 25.3 Å². The van der Waals surface area contributed by atoms with Gasteiger partial charge in [0.15, 0.2) is 11.5 Å². The van der Waals surface area contributed by atoms with Crippen LogP contribution in [0, 0.1) is 0 Å². The molecule has 0 fully saturated rings. The van der Waals surface area contributed by atoms with E-state index in [0.29, 0.717) is 5.75 Å². The summed E-state index contributed by atoms with van der Waals surface area (Å²) in [5.41, 5.74) is 1.91. The topological polar surface area (TPSA) is 59.6 Å². The highest BCUT2D eigenvalue weighted by Gasteiger charge is 2.14. The molecular formula is C17H18N2O3. The van der Waals surface area contributed by atoms with Gasteiger partial charge in [-0.25, -0.2) is 0 Å². The highest BCUT2D eigenvalue weighted by atomic mass is 16.7. The summed E-state index contributed by atoms with van der Waals surface area (Å²) in [6, 6.07) is 15.4. The third-order valence-electron chi connectivity index (χ3n) is 3.50. The summed E-state index contributed by atoms with van der Waals surface area (Å²) in [6.45, 7) is 2.42. The van der Waals surface area contributed by atoms with Crippen LogP contribution in [0.1, 0.15) is 18.5 Å². The van der Waals surface area contributed by atoms with Crippen LogP contribution in [-0.2, 0) is 4.79 Å². The van der Waals surface area contributed by atoms with Crippen molar-refractivity contribution in [1.82, 2.24) is 5.32 Å². The highest BCUT2D eigenvalue weighted by molar-refractivity contribution is 5.81. The SMILES string of the molecule is CC(NC(=O)CNc1ccc2c(c1)OCO2)c1ccccc1. The number of amides is 1. The Morgan fingerprint density at radius 3 is 2.73 bits per heavy atom. The van der Waals surface area contributed by atoms with Crippen LogP contribution in [0.5, 0.6) is 11.5 Å². The van der Waals surface area contributed by atoms with Crippen LogP contribution in [0.25, 0.3) is 0 Å². The van der Waals surface area contributed by atoms with Crippen LogP contribution in [0.15, 0.2) is 48.5 Å². The average Bonchev–Trinajstić information content (AvgIpc) is 3.01. The van der Waals surface area contributed by atoms with Gasteiger partial charge in [0.25, 0.3) is 0 Å². The monoisotopic (exact) mass is 298 g/mol. The van der Waals surface area contributed by atoms with E-state index in [9.17, 15) is 4.79 Å². The van der Waals surface area contributed by atoms with E-state index in [1.54, 1.807) is 0 Å². The number of ether oxygens (including phenoxy) is 2. The summed E-state index contributed by atoms with van der Waals surface area (Å²) in [5, 5.41) is 6.04. The molecule has 1 atom stereocenters. The molecule has 22 heavy (non-hydrogen) atoms. The zero-order valence-electron chi connectivity index (χ0n) is 12.3. The fourth-order valence-electron chi connectivity index (χ4n) is 2.31. The summed E-state index contributed by atoms with van der Waals surface area (Å²) < 4.78 is 10.6. The number of hydrogen-bond acceptors (Lipinski definition) is 4. The Kier molecular flexibility index (Phi) is 4.14. The molecule has 1 aliphatic rings. The Morgan fingerprint density at radius 2 is 1.91 bits per heavy atom. The van der Waals surface area contributed by atoms with Crippen molar-refractivity contribution in [2.45, 2.75) is 13.0 Å². The number of carbonyl (C=O) groups excluding carboxylic acids is 1. The zero-order valence-corrected chi connectivity index (χ0v) is 12.3. The molecule has 0 aliphatic carbocycles. The fourth-order valence-corrected chi connectivity index (χ4v) is 2.31. The predicted molar refractivity (Wildman–Crippen MR) is 84.1 cm³/mol. The number of carbonyl (C=O) groups is 1. The maximum atomic E-state index is 12.0. The average molecular weight is 298 g/mol. The summed E-state index contributed by atoms with van der Waals surface area (Å²) in [5.74, 6) is 1.37. The zero-order chi connectivity index (χ0) is 15.4. The molecule has 1 unspecified atom stereocenters. The molecule has 1 heterocycles. The summed E-state index contributed by atoms with van der Waals surface area (Å²) in [4.78, 5) is 12.0. The van der Waals surface area contributed by atoms with Crippen LogP contribution >= 0.6 is 0 Å². The minimum absolute atomic E-state index is 0.0211. The van der Waals surface area contributed by atoms with Crippen molar-refractivity contribution in [3.05, 3.63) is 54.1 Å². The van der Waals surface area contributed by atoms with Crippen molar-refractivity contribution in [2.75, 3.05) is 18.7 Å². The second-order valence-electron chi connectivity index (χ2n) is 5.12. The second-order valence-corrected chi connectivity index (χ2v) is 5.12. The lowest BCUT2D eigenvalue weighted by atomic mass is 10.1. The third kappa shape index (κ3) is 3.31. The van der Waals surface area contributed by atoms with Gasteiger partial charge in [-0.1, -0.05) is 30.3 Å². The van der Waals surface area contributed by atoms with Gasteiger partial charge in [-0.2, -0.15) is 0 Å². The maximum Gasteiger partial charge on any atom is 0.239 e. The van der Waals surface area contributed by atoms with Gasteiger partial charge in [0.1, 0.15) is 0 Å². The number of rotatable bonds is 5. The Balaban J connectivity index is 1.52. The molecule has 2 N–H and O–H groups in total. The van der Waals surface area contributed by atoms with E-state index in [4.69, 9.17) is 9.47 Å². The molecule has 2 aromatic rings. The molecule has 1 aliphatic heterocycles. The first-order valence-electron chi connectivity index (χ1n) is 7.20. The first-order valence-corrected chi connectivity index (χ1v) is 7.20. The molecule has 0 saturated heterocycles. The number of benzene rings is 2. The van der Waals surface area contributed by atoms with E-state index in [1.165, 1.54) is 0 Å². The Hall–Kier alpha value is -2.69. The van der Waals surface area contributed by atoms with Gasteiger partial charge in [-0.3, -0.25) is 4.79 Å². The lowest BCUT2D eigenvalue weighted by Crippen LogP contribution is -2.32. The van der Waals surface area contributed by atoms with E-state index in [1.807, 2.05) is 55.5 Å². The molecule has 0 saturated carbocycles. The van der Waals surface area contributed by atoms with E-state index < -0.39 is 0 Å². The summed E-state index contributed by atoms with van der Waals surface area (Å²) in [6.07, 6.45) is 0. The van der Waals surface area contributed by atoms with Crippen LogP contribution in [-0.4, -0.2) is 19.2 Å². The molecule has 2 aromatic carbocycles. The van der Waals surface area contributed by atoms with Gasteiger partial charge in [0.2, 0.25) is 12.7 Å². The highest BCUT2D eigenvalue weighted by Crippen LogP contribution is 2.34. The van der Waals surface area contributed by atoms with Crippen molar-refractivity contribution in [1.29, 1.82) is 0 Å². The van der Waals surface area contributed by atoms with Crippen molar-refractivity contribution < 1.29 is 14.3 Å². The molecule has 114 valence electrons. The maximum absolute atomic E-state index is 12.0. The minimum Gasteiger partial charge on any atom is -0.454 e. The molecule has 1 amide bonds. The fraction of sp³-hybridized carbons (Fsp3) is 0.235. The van der Waals surface area contributed by atoms with E-state index >= 15 is 0 Å². The van der Waals surface area contributed by atoms with Gasteiger partial charge in [-0.15, -0.1) is 0 Å². The smallest absolute Gasteiger partial charge is 0.239 e. The third-order valence-corrected chi connectivity index (χ3v) is 3.50.